The Kier molecular flexibility index (Phi) is 3.89. The molecule has 8 nitrogen and oxygen atoms in total. The van der Waals surface area contributed by atoms with Crippen LogP contribution in [-0.2, 0) is 22.4 Å². The lowest BCUT2D eigenvalue weighted by molar-refractivity contribution is -0.118. The van der Waals surface area contributed by atoms with Crippen molar-refractivity contribution in [2.45, 2.75) is 31.9 Å². The van der Waals surface area contributed by atoms with Crippen LogP contribution in [0.2, 0.25) is 0 Å². The highest BCUT2D eigenvalue weighted by atomic mass is 16.3. The van der Waals surface area contributed by atoms with Crippen LogP contribution >= 0.6 is 0 Å². The third-order valence-corrected chi connectivity index (χ3v) is 5.19. The maximum absolute atomic E-state index is 12.3. The largest absolute Gasteiger partial charge is 0.389 e. The number of carbonyl (C=O) groups excluding carboxylic acids is 2. The number of anilines is 2. The average molecular weight is 353 g/mol. The molecule has 0 radical (unpaired) electrons. The molecule has 0 saturated heterocycles. The summed E-state index contributed by atoms with van der Waals surface area (Å²) in [4.78, 5) is 27.7. The molecule has 2 atom stereocenters. The van der Waals surface area contributed by atoms with Crippen molar-refractivity contribution in [3.63, 3.8) is 0 Å². The molecular formula is C18H19N5O3. The predicted octanol–water partition coefficient (Wildman–Crippen LogP) is 0.488. The van der Waals surface area contributed by atoms with Gasteiger partial charge in [-0.15, -0.1) is 0 Å². The van der Waals surface area contributed by atoms with Gasteiger partial charge in [0.05, 0.1) is 31.2 Å². The van der Waals surface area contributed by atoms with E-state index in [2.05, 4.69) is 22.3 Å². The van der Waals surface area contributed by atoms with E-state index in [9.17, 15) is 14.7 Å². The molecule has 3 aliphatic heterocycles. The van der Waals surface area contributed by atoms with Crippen LogP contribution in [0.5, 0.6) is 0 Å². The molecule has 0 spiro atoms. The van der Waals surface area contributed by atoms with E-state index >= 15 is 0 Å². The number of hydrogen-bond donors (Lipinski definition) is 1. The van der Waals surface area contributed by atoms with Gasteiger partial charge in [0.15, 0.2) is 0 Å². The first kappa shape index (κ1) is 16.5. The molecule has 8 heteroatoms. The average Bonchev–Trinajstić information content (AvgIpc) is 3.14. The van der Waals surface area contributed by atoms with Gasteiger partial charge in [0.2, 0.25) is 11.8 Å². The molecule has 1 aromatic carbocycles. The highest BCUT2D eigenvalue weighted by molar-refractivity contribution is 6.04. The summed E-state index contributed by atoms with van der Waals surface area (Å²) >= 11 is 0. The van der Waals surface area contributed by atoms with Gasteiger partial charge in [-0.25, -0.2) is 0 Å². The van der Waals surface area contributed by atoms with Crippen molar-refractivity contribution < 1.29 is 14.7 Å². The van der Waals surface area contributed by atoms with E-state index in [4.69, 9.17) is 0 Å². The van der Waals surface area contributed by atoms with Crippen molar-refractivity contribution in [2.75, 3.05) is 29.9 Å². The van der Waals surface area contributed by atoms with Gasteiger partial charge in [-0.2, -0.15) is 0 Å². The number of likely N-dealkylation sites (N-methyl/N-ethyl adjacent to an activating group) is 1. The topological polar surface area (TPSA) is 88.8 Å². The summed E-state index contributed by atoms with van der Waals surface area (Å²) in [5.41, 5.74) is 3.59. The summed E-state index contributed by atoms with van der Waals surface area (Å²) in [7, 11) is 1.76. The zero-order valence-electron chi connectivity index (χ0n) is 14.6. The fourth-order valence-corrected chi connectivity index (χ4v) is 3.95. The number of amides is 2. The molecule has 0 fully saturated rings. The molecule has 4 rings (SSSR count). The molecule has 1 N–H and O–H groups in total. The van der Waals surface area contributed by atoms with Crippen LogP contribution in [0.3, 0.4) is 0 Å². The Hall–Kier alpha value is -2.92. The normalized spacial score (nSPS) is 21.4. The van der Waals surface area contributed by atoms with Crippen molar-refractivity contribution in [3.8, 4) is 12.0 Å². The van der Waals surface area contributed by atoms with Gasteiger partial charge in [0.1, 0.15) is 6.54 Å². The van der Waals surface area contributed by atoms with Crippen molar-refractivity contribution in [1.29, 1.82) is 0 Å². The molecule has 1 unspecified atom stereocenters. The van der Waals surface area contributed by atoms with E-state index in [1.807, 2.05) is 12.1 Å². The number of benzene rings is 1. The lowest BCUT2D eigenvalue weighted by Crippen LogP contribution is -2.48. The van der Waals surface area contributed by atoms with E-state index in [1.54, 1.807) is 21.9 Å². The van der Waals surface area contributed by atoms with Gasteiger partial charge >= 0.3 is 0 Å². The SMILES string of the molecule is CC(=O)N1c2ccc3c(c2C[C@H]1C(O)CN1CC#CN=N1)CC(=O)N3C. The third-order valence-electron chi connectivity index (χ3n) is 5.19. The molecular weight excluding hydrogens is 334 g/mol. The minimum atomic E-state index is -0.810. The van der Waals surface area contributed by atoms with Crippen molar-refractivity contribution >= 4 is 23.2 Å². The quantitative estimate of drug-likeness (QED) is 0.801. The Labute approximate surface area is 151 Å². The van der Waals surface area contributed by atoms with E-state index in [1.165, 1.54) is 6.92 Å². The number of rotatable bonds is 3. The fourth-order valence-electron chi connectivity index (χ4n) is 3.95. The second-order valence-corrected chi connectivity index (χ2v) is 6.74. The fraction of sp³-hybridized carbons (Fsp3) is 0.444. The Morgan fingerprint density at radius 2 is 2.15 bits per heavy atom. The Morgan fingerprint density at radius 1 is 1.38 bits per heavy atom. The summed E-state index contributed by atoms with van der Waals surface area (Å²) in [6.07, 6.45) is 0.0342. The molecule has 2 amide bonds. The van der Waals surface area contributed by atoms with Crippen LogP contribution in [0.4, 0.5) is 11.4 Å². The first-order chi connectivity index (χ1) is 12.5. The summed E-state index contributed by atoms with van der Waals surface area (Å²) in [6.45, 7) is 2.13. The van der Waals surface area contributed by atoms with Crippen LogP contribution in [0.25, 0.3) is 0 Å². The summed E-state index contributed by atoms with van der Waals surface area (Å²) in [6, 6.07) is 5.85. The van der Waals surface area contributed by atoms with Gasteiger partial charge in [0.25, 0.3) is 0 Å². The van der Waals surface area contributed by atoms with Gasteiger partial charge in [-0.3, -0.25) is 14.6 Å². The summed E-state index contributed by atoms with van der Waals surface area (Å²) in [5, 5.41) is 19.9. The number of aliphatic hydroxyl groups is 1. The van der Waals surface area contributed by atoms with Crippen LogP contribution in [0, 0.1) is 12.0 Å². The van der Waals surface area contributed by atoms with E-state index < -0.39 is 12.1 Å². The molecule has 0 saturated carbocycles. The summed E-state index contributed by atoms with van der Waals surface area (Å²) < 4.78 is 0. The molecule has 26 heavy (non-hydrogen) atoms. The Morgan fingerprint density at radius 3 is 2.85 bits per heavy atom. The minimum absolute atomic E-state index is 0.0408. The molecule has 0 aromatic heterocycles. The van der Waals surface area contributed by atoms with Crippen LogP contribution in [0.1, 0.15) is 18.1 Å². The maximum atomic E-state index is 12.3. The highest BCUT2D eigenvalue weighted by Gasteiger charge is 2.41. The Bertz CT molecular complexity index is 885. The predicted molar refractivity (Wildman–Crippen MR) is 94.4 cm³/mol. The van der Waals surface area contributed by atoms with Crippen LogP contribution in [0.15, 0.2) is 22.5 Å². The molecule has 134 valence electrons. The number of β-amino-alcohol motifs (C(OH)–C–C–N with tert-alkyl or cyclic N) is 1. The molecule has 3 heterocycles. The molecule has 3 aliphatic rings. The zero-order valence-corrected chi connectivity index (χ0v) is 14.6. The number of carbonyl (C=O) groups is 2. The number of aliphatic hydroxyl groups excluding tert-OH is 1. The standard InChI is InChI=1S/C18H19N5O3/c1-11(24)23-15-5-4-14-13(9-18(26)21(14)2)12(15)8-16(23)17(25)10-22-7-3-6-19-20-22/h4-5,16-17,25H,7-10H2,1-2H3/t16-,17?/m0/s1. The van der Waals surface area contributed by atoms with E-state index in [0.29, 0.717) is 19.4 Å². The monoisotopic (exact) mass is 353 g/mol. The van der Waals surface area contributed by atoms with Crippen LogP contribution in [-0.4, -0.2) is 54.2 Å². The van der Waals surface area contributed by atoms with E-state index in [0.717, 1.165) is 22.5 Å². The minimum Gasteiger partial charge on any atom is -0.389 e. The molecule has 1 aromatic rings. The molecule has 0 aliphatic carbocycles. The lowest BCUT2D eigenvalue weighted by atomic mass is 9.99. The van der Waals surface area contributed by atoms with Gasteiger partial charge in [-0.1, -0.05) is 16.3 Å². The van der Waals surface area contributed by atoms with Crippen LogP contribution < -0.4 is 9.80 Å². The third kappa shape index (κ3) is 2.52. The first-order valence-corrected chi connectivity index (χ1v) is 8.50. The maximum Gasteiger partial charge on any atom is 0.231 e. The zero-order chi connectivity index (χ0) is 18.4. The van der Waals surface area contributed by atoms with E-state index in [-0.39, 0.29) is 18.4 Å². The highest BCUT2D eigenvalue weighted by Crippen LogP contribution is 2.42. The number of hydrogen-bond acceptors (Lipinski definition) is 6. The smallest absolute Gasteiger partial charge is 0.231 e. The van der Waals surface area contributed by atoms with Crippen molar-refractivity contribution in [3.05, 3.63) is 23.3 Å². The second kappa shape index (κ2) is 6.11. The number of nitrogens with zero attached hydrogens (tertiary/aromatic N) is 5. The first-order valence-electron chi connectivity index (χ1n) is 8.50. The summed E-state index contributed by atoms with van der Waals surface area (Å²) in [5.74, 6) is 2.71. The lowest BCUT2D eigenvalue weighted by Gasteiger charge is -2.30. The van der Waals surface area contributed by atoms with Crippen molar-refractivity contribution in [1.82, 2.24) is 5.01 Å². The van der Waals surface area contributed by atoms with Gasteiger partial charge in [0, 0.05) is 25.3 Å². The number of fused-ring (bicyclic) bond motifs is 3. The Balaban J connectivity index is 1.64. The van der Waals surface area contributed by atoms with Crippen molar-refractivity contribution in [2.24, 2.45) is 10.3 Å². The van der Waals surface area contributed by atoms with Gasteiger partial charge in [-0.05, 0) is 29.7 Å². The second-order valence-electron chi connectivity index (χ2n) is 6.74. The molecule has 0 bridgehead atoms. The van der Waals surface area contributed by atoms with Gasteiger partial charge < -0.3 is 14.9 Å².